The fraction of sp³-hybridized carbons (Fsp3) is 0.400. The van der Waals surface area contributed by atoms with Crippen molar-refractivity contribution in [2.45, 2.75) is 39.5 Å². The van der Waals surface area contributed by atoms with Gasteiger partial charge in [0, 0.05) is 28.8 Å². The lowest BCUT2D eigenvalue weighted by molar-refractivity contribution is -0.121. The van der Waals surface area contributed by atoms with Gasteiger partial charge in [0.2, 0.25) is 11.8 Å². The number of hydrogen-bond acceptors (Lipinski definition) is 7. The number of carbonyl (C=O) groups excluding carboxylic acids is 2. The van der Waals surface area contributed by atoms with Crippen LogP contribution in [0.15, 0.2) is 6.20 Å². The maximum atomic E-state index is 11.9. The summed E-state index contributed by atoms with van der Waals surface area (Å²) in [4.78, 5) is 44.5. The zero-order valence-electron chi connectivity index (χ0n) is 14.0. The minimum atomic E-state index is -1.13. The van der Waals surface area contributed by atoms with Crippen LogP contribution in [0.4, 0.5) is 10.3 Å². The first kappa shape index (κ1) is 19.0. The summed E-state index contributed by atoms with van der Waals surface area (Å²) in [5, 5.41) is 15.0. The highest BCUT2D eigenvalue weighted by atomic mass is 32.1. The summed E-state index contributed by atoms with van der Waals surface area (Å²) >= 11 is 2.49. The zero-order valence-corrected chi connectivity index (χ0v) is 15.6. The van der Waals surface area contributed by atoms with Crippen LogP contribution in [0, 0.1) is 6.92 Å². The van der Waals surface area contributed by atoms with Crippen LogP contribution in [0.2, 0.25) is 0 Å². The molecule has 0 unspecified atom stereocenters. The number of carboxylic acid groups (broad SMARTS) is 1. The SMILES string of the molecule is Cc1cnc(NC(=O)CCC(=O)Nc2nc(C(=O)O)c(C(C)C)s2)s1. The maximum Gasteiger partial charge on any atom is 0.355 e. The zero-order chi connectivity index (χ0) is 18.6. The molecule has 0 aliphatic carbocycles. The molecule has 0 radical (unpaired) electrons. The summed E-state index contributed by atoms with van der Waals surface area (Å²) in [6, 6.07) is 0. The molecule has 0 aromatic carbocycles. The molecule has 8 nitrogen and oxygen atoms in total. The number of nitrogens with zero attached hydrogens (tertiary/aromatic N) is 2. The van der Waals surface area contributed by atoms with Gasteiger partial charge in [-0.05, 0) is 12.8 Å². The summed E-state index contributed by atoms with van der Waals surface area (Å²) < 4.78 is 0. The van der Waals surface area contributed by atoms with E-state index in [1.54, 1.807) is 6.20 Å². The van der Waals surface area contributed by atoms with Crippen LogP contribution in [0.5, 0.6) is 0 Å². The fourth-order valence-corrected chi connectivity index (χ4v) is 3.59. The summed E-state index contributed by atoms with van der Waals surface area (Å²) in [6.07, 6.45) is 1.62. The second kappa shape index (κ2) is 8.17. The van der Waals surface area contributed by atoms with Gasteiger partial charge in [0.15, 0.2) is 16.0 Å². The van der Waals surface area contributed by atoms with Crippen molar-refractivity contribution in [1.82, 2.24) is 9.97 Å². The molecule has 134 valence electrons. The monoisotopic (exact) mass is 382 g/mol. The van der Waals surface area contributed by atoms with Crippen molar-refractivity contribution in [3.63, 3.8) is 0 Å². The van der Waals surface area contributed by atoms with Crippen molar-refractivity contribution in [2.24, 2.45) is 0 Å². The smallest absolute Gasteiger partial charge is 0.355 e. The number of anilines is 2. The highest BCUT2D eigenvalue weighted by Gasteiger charge is 2.20. The maximum absolute atomic E-state index is 11.9. The Balaban J connectivity index is 1.88. The van der Waals surface area contributed by atoms with E-state index in [0.717, 1.165) is 16.2 Å². The van der Waals surface area contributed by atoms with E-state index in [0.29, 0.717) is 10.0 Å². The normalized spacial score (nSPS) is 10.7. The minimum absolute atomic E-state index is 0.00133. The lowest BCUT2D eigenvalue weighted by Gasteiger charge is -2.02. The number of carbonyl (C=O) groups is 3. The first-order valence-electron chi connectivity index (χ1n) is 7.52. The second-order valence-corrected chi connectivity index (χ2v) is 7.83. The third-order valence-corrected chi connectivity index (χ3v) is 5.17. The molecule has 2 aromatic heterocycles. The summed E-state index contributed by atoms with van der Waals surface area (Å²) in [6.45, 7) is 5.60. The molecular formula is C15H18N4O4S2. The highest BCUT2D eigenvalue weighted by Crippen LogP contribution is 2.30. The van der Waals surface area contributed by atoms with Crippen LogP contribution in [0.25, 0.3) is 0 Å². The van der Waals surface area contributed by atoms with Gasteiger partial charge >= 0.3 is 5.97 Å². The molecule has 0 bridgehead atoms. The van der Waals surface area contributed by atoms with Crippen LogP contribution in [0.3, 0.4) is 0 Å². The van der Waals surface area contributed by atoms with Gasteiger partial charge in [-0.2, -0.15) is 0 Å². The third kappa shape index (κ3) is 5.33. The first-order chi connectivity index (χ1) is 11.8. The quantitative estimate of drug-likeness (QED) is 0.676. The second-order valence-electron chi connectivity index (χ2n) is 5.56. The Morgan fingerprint density at radius 1 is 1.12 bits per heavy atom. The van der Waals surface area contributed by atoms with Crippen molar-refractivity contribution in [1.29, 1.82) is 0 Å². The van der Waals surface area contributed by atoms with Gasteiger partial charge in [-0.25, -0.2) is 14.8 Å². The van der Waals surface area contributed by atoms with Crippen molar-refractivity contribution in [3.8, 4) is 0 Å². The van der Waals surface area contributed by atoms with Crippen LogP contribution in [-0.2, 0) is 9.59 Å². The Morgan fingerprint density at radius 3 is 2.16 bits per heavy atom. The van der Waals surface area contributed by atoms with Crippen molar-refractivity contribution in [2.75, 3.05) is 10.6 Å². The minimum Gasteiger partial charge on any atom is -0.476 e. The Labute approximate surface area is 152 Å². The number of aromatic carboxylic acids is 1. The predicted octanol–water partition coefficient (Wildman–Crippen LogP) is 3.09. The van der Waals surface area contributed by atoms with E-state index < -0.39 is 11.9 Å². The summed E-state index contributed by atoms with van der Waals surface area (Å²) in [5.74, 6) is -1.84. The molecule has 0 atom stereocenters. The van der Waals surface area contributed by atoms with Gasteiger partial charge in [-0.15, -0.1) is 22.7 Å². The van der Waals surface area contributed by atoms with Gasteiger partial charge in [-0.1, -0.05) is 13.8 Å². The number of aryl methyl sites for hydroxylation is 1. The first-order valence-corrected chi connectivity index (χ1v) is 9.15. The Kier molecular flexibility index (Phi) is 6.21. The molecule has 2 amide bonds. The van der Waals surface area contributed by atoms with E-state index in [4.69, 9.17) is 5.11 Å². The lowest BCUT2D eigenvalue weighted by Crippen LogP contribution is -2.17. The largest absolute Gasteiger partial charge is 0.476 e. The molecule has 2 aromatic rings. The molecule has 0 saturated heterocycles. The van der Waals surface area contributed by atoms with Gasteiger partial charge in [0.05, 0.1) is 0 Å². The molecule has 25 heavy (non-hydrogen) atoms. The number of amides is 2. The Morgan fingerprint density at radius 2 is 1.72 bits per heavy atom. The molecule has 0 saturated carbocycles. The van der Waals surface area contributed by atoms with E-state index in [-0.39, 0.29) is 35.5 Å². The van der Waals surface area contributed by atoms with Gasteiger partial charge in [0.1, 0.15) is 0 Å². The molecule has 0 spiro atoms. The van der Waals surface area contributed by atoms with Crippen molar-refractivity contribution in [3.05, 3.63) is 21.6 Å². The van der Waals surface area contributed by atoms with E-state index in [1.807, 2.05) is 20.8 Å². The van der Waals surface area contributed by atoms with Crippen molar-refractivity contribution >= 4 is 50.7 Å². The Bertz CT molecular complexity index is 797. The van der Waals surface area contributed by atoms with Crippen LogP contribution >= 0.6 is 22.7 Å². The number of thiazole rings is 2. The molecule has 2 heterocycles. The lowest BCUT2D eigenvalue weighted by atomic mass is 10.1. The van der Waals surface area contributed by atoms with E-state index in [1.165, 1.54) is 11.3 Å². The van der Waals surface area contributed by atoms with Crippen LogP contribution in [-0.4, -0.2) is 32.9 Å². The predicted molar refractivity (Wildman–Crippen MR) is 96.5 cm³/mol. The number of rotatable bonds is 7. The van der Waals surface area contributed by atoms with Gasteiger partial charge in [0.25, 0.3) is 0 Å². The molecule has 0 aliphatic rings. The number of hydrogen-bond donors (Lipinski definition) is 3. The average Bonchev–Trinajstić information content (AvgIpc) is 3.12. The highest BCUT2D eigenvalue weighted by molar-refractivity contribution is 7.16. The average molecular weight is 382 g/mol. The van der Waals surface area contributed by atoms with E-state index in [9.17, 15) is 14.4 Å². The van der Waals surface area contributed by atoms with Crippen LogP contribution < -0.4 is 10.6 Å². The van der Waals surface area contributed by atoms with Crippen LogP contribution in [0.1, 0.15) is 52.8 Å². The third-order valence-electron chi connectivity index (χ3n) is 3.07. The standard InChI is InChI=1S/C15H18N4O4S2/c1-7(2)12-11(13(22)23)19-15(25-12)18-10(21)5-4-9(20)17-14-16-6-8(3)24-14/h6-7H,4-5H2,1-3H3,(H,22,23)(H,16,17,20)(H,18,19,21). The summed E-state index contributed by atoms with van der Waals surface area (Å²) in [7, 11) is 0. The Hall–Kier alpha value is -2.33. The topological polar surface area (TPSA) is 121 Å². The fourth-order valence-electron chi connectivity index (χ4n) is 1.93. The molecule has 10 heteroatoms. The van der Waals surface area contributed by atoms with E-state index >= 15 is 0 Å². The molecule has 0 fully saturated rings. The molecule has 2 rings (SSSR count). The van der Waals surface area contributed by atoms with E-state index in [2.05, 4.69) is 20.6 Å². The van der Waals surface area contributed by atoms with Crippen molar-refractivity contribution < 1.29 is 19.5 Å². The van der Waals surface area contributed by atoms with Gasteiger partial charge in [-0.3, -0.25) is 9.59 Å². The molecule has 3 N–H and O–H groups in total. The molecule has 0 aliphatic heterocycles. The summed E-state index contributed by atoms with van der Waals surface area (Å²) in [5.41, 5.74) is -0.0489. The number of carboxylic acids is 1. The van der Waals surface area contributed by atoms with Gasteiger partial charge < -0.3 is 15.7 Å². The number of aromatic nitrogens is 2. The number of nitrogens with one attached hydrogen (secondary N) is 2. The molecular weight excluding hydrogens is 364 g/mol.